The van der Waals surface area contributed by atoms with Gasteiger partial charge in [0.2, 0.25) is 0 Å². The Labute approximate surface area is 133 Å². The summed E-state index contributed by atoms with van der Waals surface area (Å²) in [6, 6.07) is 5.33. The molecule has 0 radical (unpaired) electrons. The maximum atomic E-state index is 13.3. The van der Waals surface area contributed by atoms with E-state index in [4.69, 9.17) is 0 Å². The van der Waals surface area contributed by atoms with Gasteiger partial charge in [-0.05, 0) is 61.8 Å². The molecule has 0 saturated carbocycles. The molecule has 1 nitrogen and oxygen atoms in total. The minimum Gasteiger partial charge on any atom is -0.303 e. The van der Waals surface area contributed by atoms with E-state index < -0.39 is 0 Å². The van der Waals surface area contributed by atoms with Crippen molar-refractivity contribution >= 4 is 6.29 Å². The predicted molar refractivity (Wildman–Crippen MR) is 90.4 cm³/mol. The van der Waals surface area contributed by atoms with E-state index in [1.165, 1.54) is 5.56 Å². The molecule has 0 saturated heterocycles. The monoisotopic (exact) mass is 300 g/mol. The highest BCUT2D eigenvalue weighted by Gasteiger charge is 2.07. The van der Waals surface area contributed by atoms with Gasteiger partial charge in [-0.25, -0.2) is 4.39 Å². The van der Waals surface area contributed by atoms with Gasteiger partial charge in [-0.3, -0.25) is 0 Å². The molecule has 118 valence electrons. The molecular weight excluding hydrogens is 275 g/mol. The average Bonchev–Trinajstić information content (AvgIpc) is 2.52. The number of allylic oxidation sites excluding steroid dienone is 3. The number of aldehydes is 1. The molecule has 1 rings (SSSR count). The molecular formula is C20H25FO. The van der Waals surface area contributed by atoms with E-state index >= 15 is 0 Å². The van der Waals surface area contributed by atoms with E-state index in [9.17, 15) is 9.18 Å². The zero-order valence-electron chi connectivity index (χ0n) is 13.5. The topological polar surface area (TPSA) is 17.1 Å². The first kappa shape index (κ1) is 18.1. The summed E-state index contributed by atoms with van der Waals surface area (Å²) in [5, 5.41) is 0. The van der Waals surface area contributed by atoms with Gasteiger partial charge in [-0.2, -0.15) is 0 Å². The number of rotatable bonds is 9. The Bertz CT molecular complexity index is 553. The van der Waals surface area contributed by atoms with E-state index in [1.54, 1.807) is 19.1 Å². The molecule has 0 aliphatic heterocycles. The van der Waals surface area contributed by atoms with E-state index in [2.05, 4.69) is 31.4 Å². The fraction of sp³-hybridized carbons (Fsp3) is 0.400. The van der Waals surface area contributed by atoms with Gasteiger partial charge >= 0.3 is 0 Å². The number of halogens is 1. The van der Waals surface area contributed by atoms with Crippen LogP contribution in [0.4, 0.5) is 4.39 Å². The van der Waals surface area contributed by atoms with Crippen LogP contribution in [0.15, 0.2) is 48.7 Å². The number of hydrogen-bond donors (Lipinski definition) is 0. The van der Waals surface area contributed by atoms with Crippen molar-refractivity contribution < 1.29 is 9.18 Å². The van der Waals surface area contributed by atoms with Gasteiger partial charge in [0.1, 0.15) is 12.1 Å². The second-order valence-corrected chi connectivity index (χ2v) is 5.73. The maximum absolute atomic E-state index is 13.3. The number of carbonyl (C=O) groups excluding carboxylic acids is 1. The van der Waals surface area contributed by atoms with Crippen molar-refractivity contribution in [1.82, 2.24) is 0 Å². The molecule has 22 heavy (non-hydrogen) atoms. The Morgan fingerprint density at radius 2 is 2.09 bits per heavy atom. The van der Waals surface area contributed by atoms with Gasteiger partial charge < -0.3 is 4.79 Å². The van der Waals surface area contributed by atoms with Crippen LogP contribution in [-0.2, 0) is 4.79 Å². The standard InChI is InChI=1S/C20H25FO/c1-4-5-10-18(15-22)11-8-6-7-9-16(2)19-12-13-20(21)17(3)14-19/h5-6,8,12-16,18H,1,7,9-11H2,2-3H3/b8-6+. The van der Waals surface area contributed by atoms with Gasteiger partial charge in [0.15, 0.2) is 0 Å². The molecule has 0 fully saturated rings. The van der Waals surface area contributed by atoms with Crippen molar-refractivity contribution in [2.45, 2.75) is 45.4 Å². The summed E-state index contributed by atoms with van der Waals surface area (Å²) in [5.74, 6) is 0.265. The number of aryl methyl sites for hydroxylation is 1. The molecule has 0 aliphatic rings. The molecule has 2 unspecified atom stereocenters. The fourth-order valence-corrected chi connectivity index (χ4v) is 2.32. The minimum atomic E-state index is -0.149. The Hall–Kier alpha value is -1.92. The lowest BCUT2D eigenvalue weighted by molar-refractivity contribution is -0.110. The Kier molecular flexibility index (Phi) is 8.17. The fourth-order valence-electron chi connectivity index (χ4n) is 2.32. The molecule has 0 aliphatic carbocycles. The van der Waals surface area contributed by atoms with Crippen LogP contribution in [0.25, 0.3) is 0 Å². The zero-order valence-corrected chi connectivity index (χ0v) is 13.5. The Morgan fingerprint density at radius 1 is 1.32 bits per heavy atom. The highest BCUT2D eigenvalue weighted by Crippen LogP contribution is 2.23. The smallest absolute Gasteiger partial charge is 0.126 e. The molecule has 1 aromatic rings. The van der Waals surface area contributed by atoms with Crippen LogP contribution in [0.3, 0.4) is 0 Å². The van der Waals surface area contributed by atoms with Gasteiger partial charge in [-0.15, -0.1) is 5.73 Å². The largest absolute Gasteiger partial charge is 0.303 e. The molecule has 0 N–H and O–H groups in total. The summed E-state index contributed by atoms with van der Waals surface area (Å²) in [6.45, 7) is 7.45. The molecule has 0 spiro atoms. The first-order valence-corrected chi connectivity index (χ1v) is 7.79. The summed E-state index contributed by atoms with van der Waals surface area (Å²) < 4.78 is 13.3. The van der Waals surface area contributed by atoms with E-state index in [-0.39, 0.29) is 11.7 Å². The highest BCUT2D eigenvalue weighted by molar-refractivity contribution is 5.54. The van der Waals surface area contributed by atoms with Crippen LogP contribution in [0.2, 0.25) is 0 Å². The summed E-state index contributed by atoms with van der Waals surface area (Å²) in [7, 11) is 0. The summed E-state index contributed by atoms with van der Waals surface area (Å²) in [5.41, 5.74) is 4.56. The van der Waals surface area contributed by atoms with Gasteiger partial charge in [0, 0.05) is 5.92 Å². The molecule has 0 heterocycles. The van der Waals surface area contributed by atoms with Crippen LogP contribution < -0.4 is 0 Å². The Balaban J connectivity index is 2.39. The molecule has 1 aromatic carbocycles. The second-order valence-electron chi connectivity index (χ2n) is 5.73. The number of carbonyl (C=O) groups is 1. The molecule has 0 aromatic heterocycles. The van der Waals surface area contributed by atoms with E-state index in [0.717, 1.165) is 25.5 Å². The number of hydrogen-bond acceptors (Lipinski definition) is 1. The zero-order chi connectivity index (χ0) is 16.4. The van der Waals surface area contributed by atoms with Crippen LogP contribution in [0, 0.1) is 18.7 Å². The van der Waals surface area contributed by atoms with E-state index in [1.807, 2.05) is 12.1 Å². The van der Waals surface area contributed by atoms with Crippen molar-refractivity contribution in [1.29, 1.82) is 0 Å². The normalized spacial score (nSPS) is 13.6. The van der Waals surface area contributed by atoms with Crippen molar-refractivity contribution in [3.05, 3.63) is 65.7 Å². The molecule has 2 heteroatoms. The maximum Gasteiger partial charge on any atom is 0.126 e. The minimum absolute atomic E-state index is 0.0164. The van der Waals surface area contributed by atoms with Crippen molar-refractivity contribution in [3.63, 3.8) is 0 Å². The third-order valence-corrected chi connectivity index (χ3v) is 3.88. The lowest BCUT2D eigenvalue weighted by Gasteiger charge is -2.11. The predicted octanol–water partition coefficient (Wildman–Crippen LogP) is 5.51. The summed E-state index contributed by atoms with van der Waals surface area (Å²) >= 11 is 0. The quantitative estimate of drug-likeness (QED) is 0.334. The Morgan fingerprint density at radius 3 is 2.73 bits per heavy atom. The van der Waals surface area contributed by atoms with Crippen molar-refractivity contribution in [2.75, 3.05) is 0 Å². The summed E-state index contributed by atoms with van der Waals surface area (Å²) in [4.78, 5) is 10.9. The average molecular weight is 300 g/mol. The van der Waals surface area contributed by atoms with E-state index in [0.29, 0.717) is 17.9 Å². The molecule has 0 bridgehead atoms. The first-order valence-electron chi connectivity index (χ1n) is 7.79. The van der Waals surface area contributed by atoms with Gasteiger partial charge in [0.05, 0.1) is 0 Å². The lowest BCUT2D eigenvalue weighted by Crippen LogP contribution is -1.98. The van der Waals surface area contributed by atoms with Crippen LogP contribution in [0.1, 0.15) is 49.7 Å². The van der Waals surface area contributed by atoms with Crippen LogP contribution in [-0.4, -0.2) is 6.29 Å². The van der Waals surface area contributed by atoms with Crippen molar-refractivity contribution in [3.8, 4) is 0 Å². The molecule has 2 atom stereocenters. The van der Waals surface area contributed by atoms with Crippen molar-refractivity contribution in [2.24, 2.45) is 5.92 Å². The van der Waals surface area contributed by atoms with Crippen LogP contribution in [0.5, 0.6) is 0 Å². The number of benzene rings is 1. The summed E-state index contributed by atoms with van der Waals surface area (Å²) in [6.07, 6.45) is 10.4. The molecule has 0 amide bonds. The highest BCUT2D eigenvalue weighted by atomic mass is 19.1. The first-order chi connectivity index (χ1) is 10.6. The van der Waals surface area contributed by atoms with Gasteiger partial charge in [-0.1, -0.05) is 37.8 Å². The lowest BCUT2D eigenvalue weighted by atomic mass is 9.94. The SMILES string of the molecule is C=C=CCC(C=O)C/C=C/CCC(C)c1ccc(F)c(C)c1. The van der Waals surface area contributed by atoms with Gasteiger partial charge in [0.25, 0.3) is 0 Å². The van der Waals surface area contributed by atoms with Crippen LogP contribution >= 0.6 is 0 Å². The second kappa shape index (κ2) is 9.92. The third-order valence-electron chi connectivity index (χ3n) is 3.88. The third kappa shape index (κ3) is 6.24.